The van der Waals surface area contributed by atoms with Crippen molar-refractivity contribution in [3.63, 3.8) is 0 Å². The number of rotatable bonds is 5. The minimum Gasteiger partial charge on any atom is -0.309 e. The van der Waals surface area contributed by atoms with E-state index >= 15 is 0 Å². The van der Waals surface area contributed by atoms with E-state index in [2.05, 4.69) is 226 Å². The second kappa shape index (κ2) is 12.5. The molecule has 0 aliphatic carbocycles. The first-order valence-corrected chi connectivity index (χ1v) is 19.6. The summed E-state index contributed by atoms with van der Waals surface area (Å²) in [5, 5.41) is 7.48. The summed E-state index contributed by atoms with van der Waals surface area (Å²) in [5.74, 6) is 0. The smallest absolute Gasteiger partial charge is 0.0562 e. The fourth-order valence-corrected chi connectivity index (χ4v) is 9.39. The molecule has 12 aromatic rings. The highest BCUT2D eigenvalue weighted by Crippen LogP contribution is 2.42. The van der Waals surface area contributed by atoms with Crippen LogP contribution in [0.1, 0.15) is 0 Å². The van der Waals surface area contributed by atoms with E-state index in [-0.39, 0.29) is 0 Å². The summed E-state index contributed by atoms with van der Waals surface area (Å²) in [4.78, 5) is 0. The van der Waals surface area contributed by atoms with E-state index in [4.69, 9.17) is 0 Å². The monoisotopic (exact) mass is 725 g/mol. The zero-order valence-electron chi connectivity index (χ0n) is 31.0. The van der Waals surface area contributed by atoms with Crippen LogP contribution in [0, 0.1) is 0 Å². The Bertz CT molecular complexity index is 3470. The Kier molecular flexibility index (Phi) is 6.93. The summed E-state index contributed by atoms with van der Waals surface area (Å²) >= 11 is 0. The van der Waals surface area contributed by atoms with Crippen LogP contribution in [0.5, 0.6) is 0 Å². The second-order valence-electron chi connectivity index (χ2n) is 14.9. The molecule has 0 atom stereocenters. The van der Waals surface area contributed by atoms with Gasteiger partial charge in [0, 0.05) is 49.1 Å². The maximum atomic E-state index is 2.48. The molecule has 3 heterocycles. The number of benzene rings is 9. The highest BCUT2D eigenvalue weighted by molar-refractivity contribution is 6.13. The maximum absolute atomic E-state index is 2.48. The highest BCUT2D eigenvalue weighted by Gasteiger charge is 2.21. The molecule has 0 spiro atoms. The SMILES string of the molecule is c1ccc(-c2ccc3c(c2)c2ccccc2n3-c2ccccc2-c2ccccc2-n2c3ccccc3c3ccc(-n4c5ccccc5c5ccccc54)cc32)cc1. The number of hydrogen-bond acceptors (Lipinski definition) is 0. The third-order valence-electron chi connectivity index (χ3n) is 11.9. The molecule has 57 heavy (non-hydrogen) atoms. The zero-order valence-corrected chi connectivity index (χ0v) is 31.0. The number of hydrogen-bond donors (Lipinski definition) is 0. The molecule has 3 heteroatoms. The summed E-state index contributed by atoms with van der Waals surface area (Å²) in [6.07, 6.45) is 0. The first kappa shape index (κ1) is 31.7. The lowest BCUT2D eigenvalue weighted by atomic mass is 10.0. The molecule has 266 valence electrons. The Morgan fingerprint density at radius 3 is 1.23 bits per heavy atom. The quantitative estimate of drug-likeness (QED) is 0.168. The van der Waals surface area contributed by atoms with Crippen LogP contribution in [-0.2, 0) is 0 Å². The van der Waals surface area contributed by atoms with E-state index < -0.39 is 0 Å². The number of aromatic nitrogens is 3. The summed E-state index contributed by atoms with van der Waals surface area (Å²) in [7, 11) is 0. The lowest BCUT2D eigenvalue weighted by molar-refractivity contribution is 1.15. The molecular formula is C54H35N3. The molecule has 0 amide bonds. The van der Waals surface area contributed by atoms with Crippen LogP contribution in [0.15, 0.2) is 212 Å². The lowest BCUT2D eigenvalue weighted by Crippen LogP contribution is -2.01. The highest BCUT2D eigenvalue weighted by atomic mass is 15.0. The summed E-state index contributed by atoms with van der Waals surface area (Å²) < 4.78 is 7.35. The van der Waals surface area contributed by atoms with E-state index in [0.29, 0.717) is 0 Å². The average Bonchev–Trinajstić information content (AvgIpc) is 3.92. The van der Waals surface area contributed by atoms with Gasteiger partial charge >= 0.3 is 0 Å². The topological polar surface area (TPSA) is 14.8 Å². The van der Waals surface area contributed by atoms with Gasteiger partial charge in [-0.05, 0) is 71.8 Å². The van der Waals surface area contributed by atoms with Gasteiger partial charge in [-0.1, -0.05) is 152 Å². The Hall–Kier alpha value is -7.62. The van der Waals surface area contributed by atoms with E-state index in [9.17, 15) is 0 Å². The van der Waals surface area contributed by atoms with Gasteiger partial charge in [-0.2, -0.15) is 0 Å². The van der Waals surface area contributed by atoms with E-state index in [1.54, 1.807) is 0 Å². The van der Waals surface area contributed by atoms with Crippen molar-refractivity contribution in [1.82, 2.24) is 13.7 Å². The third-order valence-corrected chi connectivity index (χ3v) is 11.9. The Balaban J connectivity index is 1.11. The molecule has 12 rings (SSSR count). The van der Waals surface area contributed by atoms with Gasteiger partial charge in [0.1, 0.15) is 0 Å². The molecule has 0 saturated heterocycles. The fraction of sp³-hybridized carbons (Fsp3) is 0. The van der Waals surface area contributed by atoms with Crippen LogP contribution in [0.3, 0.4) is 0 Å². The standard InChI is InChI=1S/C54H35N3/c1-2-16-36(17-3-1)37-30-33-53-46(34-37)44-23-9-15-29-52(44)56(53)49-26-12-6-20-41(49)42-21-7-13-27-50(42)57-51-28-14-8-22-43(51)45-32-31-38(35-54(45)57)55-47-24-10-4-18-39(47)40-19-5-11-25-48(40)55/h1-35H. The van der Waals surface area contributed by atoms with Crippen molar-refractivity contribution in [2.24, 2.45) is 0 Å². The second-order valence-corrected chi connectivity index (χ2v) is 14.9. The average molecular weight is 726 g/mol. The van der Waals surface area contributed by atoms with E-state index in [1.165, 1.54) is 87.7 Å². The largest absolute Gasteiger partial charge is 0.309 e. The molecule has 0 N–H and O–H groups in total. The molecule has 0 fully saturated rings. The molecule has 0 aliphatic heterocycles. The van der Waals surface area contributed by atoms with E-state index in [0.717, 1.165) is 17.1 Å². The van der Waals surface area contributed by atoms with Crippen molar-refractivity contribution in [2.75, 3.05) is 0 Å². The molecule has 0 aliphatic rings. The Morgan fingerprint density at radius 2 is 0.649 bits per heavy atom. The van der Waals surface area contributed by atoms with Crippen LogP contribution in [0.2, 0.25) is 0 Å². The van der Waals surface area contributed by atoms with Gasteiger partial charge in [-0.15, -0.1) is 0 Å². The van der Waals surface area contributed by atoms with Gasteiger partial charge in [-0.3, -0.25) is 0 Å². The lowest BCUT2D eigenvalue weighted by Gasteiger charge is -2.18. The first-order chi connectivity index (χ1) is 28.3. The van der Waals surface area contributed by atoms with Crippen molar-refractivity contribution in [3.8, 4) is 39.3 Å². The zero-order chi connectivity index (χ0) is 37.5. The predicted molar refractivity (Wildman–Crippen MR) is 240 cm³/mol. The molecule has 9 aromatic carbocycles. The minimum atomic E-state index is 1.14. The number of nitrogens with zero attached hydrogens (tertiary/aromatic N) is 3. The summed E-state index contributed by atoms with van der Waals surface area (Å²) in [5.41, 5.74) is 15.4. The Labute approximate surface area is 329 Å². The minimum absolute atomic E-state index is 1.14. The Morgan fingerprint density at radius 1 is 0.228 bits per heavy atom. The molecule has 0 saturated carbocycles. The van der Waals surface area contributed by atoms with Crippen LogP contribution in [0.4, 0.5) is 0 Å². The van der Waals surface area contributed by atoms with Gasteiger partial charge in [0.2, 0.25) is 0 Å². The summed E-state index contributed by atoms with van der Waals surface area (Å²) in [6.45, 7) is 0. The first-order valence-electron chi connectivity index (χ1n) is 19.6. The number of para-hydroxylation sites is 6. The van der Waals surface area contributed by atoms with Crippen LogP contribution >= 0.6 is 0 Å². The molecule has 0 bridgehead atoms. The fourth-order valence-electron chi connectivity index (χ4n) is 9.39. The molecule has 3 nitrogen and oxygen atoms in total. The van der Waals surface area contributed by atoms with Crippen molar-refractivity contribution < 1.29 is 0 Å². The summed E-state index contributed by atoms with van der Waals surface area (Å²) in [6, 6.07) is 77.5. The van der Waals surface area contributed by atoms with Gasteiger partial charge in [0.05, 0.1) is 44.5 Å². The van der Waals surface area contributed by atoms with Crippen molar-refractivity contribution >= 4 is 65.4 Å². The van der Waals surface area contributed by atoms with Gasteiger partial charge in [0.15, 0.2) is 0 Å². The van der Waals surface area contributed by atoms with Crippen molar-refractivity contribution in [3.05, 3.63) is 212 Å². The molecule has 3 aromatic heterocycles. The van der Waals surface area contributed by atoms with Crippen LogP contribution in [-0.4, -0.2) is 13.7 Å². The van der Waals surface area contributed by atoms with Gasteiger partial charge in [0.25, 0.3) is 0 Å². The normalized spacial score (nSPS) is 11.9. The van der Waals surface area contributed by atoms with Crippen LogP contribution < -0.4 is 0 Å². The third kappa shape index (κ3) is 4.73. The van der Waals surface area contributed by atoms with Crippen molar-refractivity contribution in [1.29, 1.82) is 0 Å². The van der Waals surface area contributed by atoms with Gasteiger partial charge in [-0.25, -0.2) is 0 Å². The maximum Gasteiger partial charge on any atom is 0.0562 e. The van der Waals surface area contributed by atoms with E-state index in [1.807, 2.05) is 0 Å². The number of fused-ring (bicyclic) bond motifs is 9. The predicted octanol–water partition coefficient (Wildman–Crippen LogP) is 14.3. The van der Waals surface area contributed by atoms with Crippen LogP contribution in [0.25, 0.3) is 105 Å². The van der Waals surface area contributed by atoms with Gasteiger partial charge < -0.3 is 13.7 Å². The van der Waals surface area contributed by atoms with Crippen molar-refractivity contribution in [2.45, 2.75) is 0 Å². The molecular weight excluding hydrogens is 691 g/mol. The molecule has 0 radical (unpaired) electrons. The molecule has 0 unspecified atom stereocenters.